The topological polar surface area (TPSA) is 53.6 Å². The molecule has 2 N–H and O–H groups in total. The highest BCUT2D eigenvalue weighted by Gasteiger charge is 2.41. The summed E-state index contributed by atoms with van der Waals surface area (Å²) in [6, 6.07) is 24.3. The van der Waals surface area contributed by atoms with Gasteiger partial charge in [0.05, 0.1) is 12.6 Å². The SMILES string of the molecule is COCCNC(=O)[C@@H]1C[C@H](NCc2cccc3ccccc23)CN1C1Cc2ccccc2C1. The first-order chi connectivity index (χ1) is 16.2. The van der Waals surface area contributed by atoms with Gasteiger partial charge in [0, 0.05) is 38.8 Å². The number of methoxy groups -OCH3 is 1. The molecule has 1 saturated heterocycles. The first-order valence-electron chi connectivity index (χ1n) is 12.0. The molecule has 5 heteroatoms. The van der Waals surface area contributed by atoms with Gasteiger partial charge in [0.1, 0.15) is 0 Å². The zero-order chi connectivity index (χ0) is 22.6. The van der Waals surface area contributed by atoms with Crippen molar-refractivity contribution in [3.05, 3.63) is 83.4 Å². The molecule has 0 unspecified atom stereocenters. The van der Waals surface area contributed by atoms with Crippen molar-refractivity contribution in [1.29, 1.82) is 0 Å². The second kappa shape index (κ2) is 10.0. The molecule has 1 amide bonds. The van der Waals surface area contributed by atoms with Crippen molar-refractivity contribution >= 4 is 16.7 Å². The molecule has 0 spiro atoms. The predicted molar refractivity (Wildman–Crippen MR) is 132 cm³/mol. The van der Waals surface area contributed by atoms with E-state index in [1.54, 1.807) is 7.11 Å². The maximum absolute atomic E-state index is 13.1. The van der Waals surface area contributed by atoms with Gasteiger partial charge in [-0.15, -0.1) is 0 Å². The van der Waals surface area contributed by atoms with Gasteiger partial charge < -0.3 is 15.4 Å². The average Bonchev–Trinajstić information content (AvgIpc) is 3.47. The molecule has 5 nitrogen and oxygen atoms in total. The summed E-state index contributed by atoms with van der Waals surface area (Å²) >= 11 is 0. The normalized spacial score (nSPS) is 20.9. The molecular formula is C28H33N3O2. The van der Waals surface area contributed by atoms with Gasteiger partial charge in [0.2, 0.25) is 5.91 Å². The molecule has 3 aromatic carbocycles. The summed E-state index contributed by atoms with van der Waals surface area (Å²) in [6.07, 6.45) is 2.87. The van der Waals surface area contributed by atoms with Crippen LogP contribution in [0.2, 0.25) is 0 Å². The largest absolute Gasteiger partial charge is 0.383 e. The molecule has 2 atom stereocenters. The Morgan fingerprint density at radius 1 is 1.00 bits per heavy atom. The van der Waals surface area contributed by atoms with E-state index >= 15 is 0 Å². The third-order valence-corrected chi connectivity index (χ3v) is 7.21. The zero-order valence-electron chi connectivity index (χ0n) is 19.3. The molecule has 33 heavy (non-hydrogen) atoms. The zero-order valence-corrected chi connectivity index (χ0v) is 19.3. The van der Waals surface area contributed by atoms with Crippen LogP contribution in [0, 0.1) is 0 Å². The van der Waals surface area contributed by atoms with Gasteiger partial charge in [0.15, 0.2) is 0 Å². The second-order valence-corrected chi connectivity index (χ2v) is 9.28. The van der Waals surface area contributed by atoms with Crippen LogP contribution in [-0.4, -0.2) is 55.7 Å². The fourth-order valence-corrected chi connectivity index (χ4v) is 5.54. The summed E-state index contributed by atoms with van der Waals surface area (Å²) in [5.41, 5.74) is 4.15. The summed E-state index contributed by atoms with van der Waals surface area (Å²) in [4.78, 5) is 15.6. The van der Waals surface area contributed by atoms with E-state index in [4.69, 9.17) is 4.74 Å². The number of amides is 1. The number of carbonyl (C=O) groups is 1. The maximum atomic E-state index is 13.1. The highest BCUT2D eigenvalue weighted by atomic mass is 16.5. The molecule has 0 saturated carbocycles. The van der Waals surface area contributed by atoms with E-state index in [2.05, 4.69) is 82.3 Å². The van der Waals surface area contributed by atoms with Gasteiger partial charge in [-0.1, -0.05) is 66.7 Å². The number of nitrogens with zero attached hydrogens (tertiary/aromatic N) is 1. The van der Waals surface area contributed by atoms with Gasteiger partial charge in [0.25, 0.3) is 0 Å². The number of hydrogen-bond donors (Lipinski definition) is 2. The number of fused-ring (bicyclic) bond motifs is 2. The fraction of sp³-hybridized carbons (Fsp3) is 0.393. The number of likely N-dealkylation sites (tertiary alicyclic amines) is 1. The van der Waals surface area contributed by atoms with Crippen molar-refractivity contribution < 1.29 is 9.53 Å². The van der Waals surface area contributed by atoms with E-state index in [-0.39, 0.29) is 18.0 Å². The van der Waals surface area contributed by atoms with E-state index in [1.165, 1.54) is 27.5 Å². The highest BCUT2D eigenvalue weighted by Crippen LogP contribution is 2.31. The minimum atomic E-state index is -0.105. The van der Waals surface area contributed by atoms with Crippen LogP contribution >= 0.6 is 0 Å². The summed E-state index contributed by atoms with van der Waals surface area (Å²) in [5.74, 6) is 0.123. The van der Waals surface area contributed by atoms with Crippen LogP contribution in [-0.2, 0) is 28.9 Å². The van der Waals surface area contributed by atoms with Crippen LogP contribution in [0.5, 0.6) is 0 Å². The summed E-state index contributed by atoms with van der Waals surface area (Å²) < 4.78 is 5.13. The smallest absolute Gasteiger partial charge is 0.237 e. The molecule has 5 rings (SSSR count). The van der Waals surface area contributed by atoms with Crippen LogP contribution in [0.3, 0.4) is 0 Å². The van der Waals surface area contributed by atoms with Crippen LogP contribution < -0.4 is 10.6 Å². The molecule has 1 aliphatic heterocycles. The summed E-state index contributed by atoms with van der Waals surface area (Å²) in [6.45, 7) is 2.79. The quantitative estimate of drug-likeness (QED) is 0.525. The fourth-order valence-electron chi connectivity index (χ4n) is 5.54. The van der Waals surface area contributed by atoms with E-state index < -0.39 is 0 Å². The molecule has 1 aliphatic carbocycles. The van der Waals surface area contributed by atoms with E-state index in [9.17, 15) is 4.79 Å². The van der Waals surface area contributed by atoms with Crippen molar-refractivity contribution in [2.45, 2.75) is 43.9 Å². The number of nitrogens with one attached hydrogen (secondary N) is 2. The Kier molecular flexibility index (Phi) is 6.72. The van der Waals surface area contributed by atoms with Gasteiger partial charge in [-0.25, -0.2) is 0 Å². The molecule has 0 radical (unpaired) electrons. The third-order valence-electron chi connectivity index (χ3n) is 7.21. The Balaban J connectivity index is 1.29. The van der Waals surface area contributed by atoms with Crippen LogP contribution in [0.4, 0.5) is 0 Å². The molecular weight excluding hydrogens is 410 g/mol. The van der Waals surface area contributed by atoms with E-state index in [0.717, 1.165) is 32.4 Å². The van der Waals surface area contributed by atoms with Crippen LogP contribution in [0.1, 0.15) is 23.1 Å². The first kappa shape index (κ1) is 22.1. The van der Waals surface area contributed by atoms with Gasteiger partial charge in [-0.3, -0.25) is 9.69 Å². The Morgan fingerprint density at radius 2 is 1.73 bits per heavy atom. The lowest BCUT2D eigenvalue weighted by Gasteiger charge is -2.29. The molecule has 3 aromatic rings. The maximum Gasteiger partial charge on any atom is 0.237 e. The number of carbonyl (C=O) groups excluding carboxylic acids is 1. The molecule has 0 aromatic heterocycles. The van der Waals surface area contributed by atoms with Crippen LogP contribution in [0.15, 0.2) is 66.7 Å². The molecule has 2 aliphatic rings. The molecule has 1 heterocycles. The lowest BCUT2D eigenvalue weighted by molar-refractivity contribution is -0.126. The molecule has 1 fully saturated rings. The van der Waals surface area contributed by atoms with Gasteiger partial charge >= 0.3 is 0 Å². The van der Waals surface area contributed by atoms with Crippen molar-refractivity contribution in [3.63, 3.8) is 0 Å². The van der Waals surface area contributed by atoms with Gasteiger partial charge in [-0.2, -0.15) is 0 Å². The van der Waals surface area contributed by atoms with Crippen molar-refractivity contribution in [1.82, 2.24) is 15.5 Å². The second-order valence-electron chi connectivity index (χ2n) is 9.28. The summed E-state index contributed by atoms with van der Waals surface area (Å²) in [7, 11) is 1.66. The Bertz CT molecular complexity index is 1080. The standard InChI is InChI=1S/C28H33N3O2/c1-33-14-13-29-28(32)27-17-24(19-31(27)25-15-21-8-2-3-9-22(21)16-25)30-18-23-11-6-10-20-7-4-5-12-26(20)23/h2-12,24-25,27,30H,13-19H2,1H3,(H,29,32)/t24-,27-/m0/s1. The lowest BCUT2D eigenvalue weighted by atomic mass is 10.0. The molecule has 172 valence electrons. The van der Waals surface area contributed by atoms with Gasteiger partial charge in [-0.05, 0) is 46.7 Å². The predicted octanol–water partition coefficient (Wildman–Crippen LogP) is 3.30. The number of benzene rings is 3. The highest BCUT2D eigenvalue weighted by molar-refractivity contribution is 5.85. The lowest BCUT2D eigenvalue weighted by Crippen LogP contribution is -2.48. The number of hydrogen-bond acceptors (Lipinski definition) is 4. The van der Waals surface area contributed by atoms with Crippen LogP contribution in [0.25, 0.3) is 10.8 Å². The Hall–Kier alpha value is -2.73. The average molecular weight is 444 g/mol. The Labute approximate surface area is 196 Å². The van der Waals surface area contributed by atoms with Crippen molar-refractivity contribution in [3.8, 4) is 0 Å². The number of ether oxygens (including phenoxy) is 1. The van der Waals surface area contributed by atoms with E-state index in [1.807, 2.05) is 0 Å². The number of rotatable bonds is 8. The third kappa shape index (κ3) is 4.81. The Morgan fingerprint density at radius 3 is 2.52 bits per heavy atom. The first-order valence-corrected chi connectivity index (χ1v) is 12.0. The van der Waals surface area contributed by atoms with E-state index in [0.29, 0.717) is 19.2 Å². The van der Waals surface area contributed by atoms with Crippen molar-refractivity contribution in [2.24, 2.45) is 0 Å². The minimum absolute atomic E-state index is 0.105. The minimum Gasteiger partial charge on any atom is -0.383 e. The summed E-state index contributed by atoms with van der Waals surface area (Å²) in [5, 5.41) is 9.42. The molecule has 0 bridgehead atoms. The van der Waals surface area contributed by atoms with Crippen molar-refractivity contribution in [2.75, 3.05) is 26.8 Å². The monoisotopic (exact) mass is 443 g/mol.